The Balaban J connectivity index is 2.12. The zero-order chi connectivity index (χ0) is 15.7. The Hall–Kier alpha value is -2.14. The van der Waals surface area contributed by atoms with Crippen molar-refractivity contribution in [3.8, 4) is 0 Å². The van der Waals surface area contributed by atoms with E-state index in [1.165, 1.54) is 11.3 Å². The summed E-state index contributed by atoms with van der Waals surface area (Å²) in [5.41, 5.74) is 7.64. The SMILES string of the molecule is CCC(=O)c1cc(C2(c3ccccc3)CN(C)C(N)=N2)cs1. The molecule has 2 N–H and O–H groups in total. The lowest BCUT2D eigenvalue weighted by Crippen LogP contribution is -2.34. The standard InChI is InChI=1S/C17H19N3OS/c1-3-14(21)15-9-13(10-22-15)17(11-20(2)16(18)19-17)12-7-5-4-6-8-12/h4-10H,3,11H2,1-2H3,(H2,18,19). The van der Waals surface area contributed by atoms with Crippen molar-refractivity contribution >= 4 is 23.1 Å². The number of ketones is 1. The minimum atomic E-state index is -0.525. The second-order valence-corrected chi connectivity index (χ2v) is 6.44. The van der Waals surface area contributed by atoms with Crippen molar-refractivity contribution in [2.24, 2.45) is 10.7 Å². The van der Waals surface area contributed by atoms with Gasteiger partial charge in [0.15, 0.2) is 11.7 Å². The van der Waals surface area contributed by atoms with E-state index in [4.69, 9.17) is 10.7 Å². The highest BCUT2D eigenvalue weighted by atomic mass is 32.1. The van der Waals surface area contributed by atoms with E-state index in [9.17, 15) is 4.79 Å². The third-order valence-corrected chi connectivity index (χ3v) is 5.06. The summed E-state index contributed by atoms with van der Waals surface area (Å²) in [4.78, 5) is 19.4. The van der Waals surface area contributed by atoms with Gasteiger partial charge in [-0.15, -0.1) is 11.3 Å². The van der Waals surface area contributed by atoms with Crippen LogP contribution < -0.4 is 5.73 Å². The van der Waals surface area contributed by atoms with Crippen LogP contribution in [0.25, 0.3) is 0 Å². The van der Waals surface area contributed by atoms with Crippen molar-refractivity contribution in [2.75, 3.05) is 13.6 Å². The summed E-state index contributed by atoms with van der Waals surface area (Å²) in [5, 5.41) is 2.03. The van der Waals surface area contributed by atoms with Crippen LogP contribution in [0.5, 0.6) is 0 Å². The van der Waals surface area contributed by atoms with Crippen LogP contribution in [0.4, 0.5) is 0 Å². The zero-order valence-corrected chi connectivity index (χ0v) is 13.6. The van der Waals surface area contributed by atoms with Crippen LogP contribution >= 0.6 is 11.3 Å². The van der Waals surface area contributed by atoms with Crippen molar-refractivity contribution in [3.05, 3.63) is 57.8 Å². The number of rotatable bonds is 4. The lowest BCUT2D eigenvalue weighted by Gasteiger charge is -2.26. The van der Waals surface area contributed by atoms with Crippen molar-refractivity contribution < 1.29 is 4.79 Å². The van der Waals surface area contributed by atoms with E-state index in [1.54, 1.807) is 0 Å². The second kappa shape index (κ2) is 5.57. The van der Waals surface area contributed by atoms with E-state index >= 15 is 0 Å². The lowest BCUT2D eigenvalue weighted by atomic mass is 9.85. The monoisotopic (exact) mass is 313 g/mol. The third-order valence-electron chi connectivity index (χ3n) is 4.09. The second-order valence-electron chi connectivity index (χ2n) is 5.53. The predicted octanol–water partition coefficient (Wildman–Crippen LogP) is 2.84. The van der Waals surface area contributed by atoms with Gasteiger partial charge < -0.3 is 10.6 Å². The van der Waals surface area contributed by atoms with Crippen LogP contribution in [-0.4, -0.2) is 30.2 Å². The average Bonchev–Trinajstić information content (AvgIpc) is 3.14. The van der Waals surface area contributed by atoms with Gasteiger partial charge in [-0.25, -0.2) is 4.99 Å². The largest absolute Gasteiger partial charge is 0.370 e. The molecule has 3 rings (SSSR count). The molecule has 0 saturated carbocycles. The molecule has 0 spiro atoms. The van der Waals surface area contributed by atoms with Gasteiger partial charge >= 0.3 is 0 Å². The molecule has 114 valence electrons. The molecule has 2 aromatic rings. The van der Waals surface area contributed by atoms with Gasteiger partial charge in [-0.05, 0) is 22.6 Å². The number of hydrogen-bond acceptors (Lipinski definition) is 5. The van der Waals surface area contributed by atoms with Crippen molar-refractivity contribution in [1.82, 2.24) is 4.90 Å². The first kappa shape index (κ1) is 14.8. The summed E-state index contributed by atoms with van der Waals surface area (Å²) in [6.45, 7) is 2.56. The topological polar surface area (TPSA) is 58.7 Å². The Kier molecular flexibility index (Phi) is 3.74. The quantitative estimate of drug-likeness (QED) is 0.883. The lowest BCUT2D eigenvalue weighted by molar-refractivity contribution is 0.0992. The van der Waals surface area contributed by atoms with E-state index < -0.39 is 5.54 Å². The number of hydrogen-bond donors (Lipinski definition) is 1. The molecule has 0 saturated heterocycles. The average molecular weight is 313 g/mol. The number of guanidine groups is 1. The first-order valence-corrected chi connectivity index (χ1v) is 8.19. The van der Waals surface area contributed by atoms with Gasteiger partial charge in [0.25, 0.3) is 0 Å². The molecule has 0 amide bonds. The van der Waals surface area contributed by atoms with Crippen LogP contribution in [-0.2, 0) is 5.54 Å². The molecule has 5 heteroatoms. The van der Waals surface area contributed by atoms with Crippen molar-refractivity contribution in [3.63, 3.8) is 0 Å². The number of carbonyl (C=O) groups excluding carboxylic acids is 1. The maximum absolute atomic E-state index is 12.0. The summed E-state index contributed by atoms with van der Waals surface area (Å²) < 4.78 is 0. The van der Waals surface area contributed by atoms with Gasteiger partial charge in [-0.2, -0.15) is 0 Å². The van der Waals surface area contributed by atoms with Crippen LogP contribution in [0.15, 0.2) is 46.8 Å². The number of Topliss-reactive ketones (excluding diaryl/α,β-unsaturated/α-hetero) is 1. The summed E-state index contributed by atoms with van der Waals surface area (Å²) >= 11 is 1.49. The Morgan fingerprint density at radius 2 is 2.09 bits per heavy atom. The third kappa shape index (κ3) is 2.31. The molecule has 1 aliphatic heterocycles. The fourth-order valence-electron chi connectivity index (χ4n) is 2.81. The minimum absolute atomic E-state index is 0.169. The fourth-order valence-corrected chi connectivity index (χ4v) is 3.79. The zero-order valence-electron chi connectivity index (χ0n) is 12.7. The minimum Gasteiger partial charge on any atom is -0.370 e. The van der Waals surface area contributed by atoms with Crippen LogP contribution in [0.1, 0.15) is 34.1 Å². The molecule has 0 fully saturated rings. The Bertz CT molecular complexity index is 723. The van der Waals surface area contributed by atoms with Gasteiger partial charge in [0.2, 0.25) is 0 Å². The number of nitrogens with zero attached hydrogens (tertiary/aromatic N) is 2. The highest BCUT2D eigenvalue weighted by Gasteiger charge is 2.41. The van der Waals surface area contributed by atoms with Crippen LogP contribution in [0.2, 0.25) is 0 Å². The molecular formula is C17H19N3OS. The van der Waals surface area contributed by atoms with E-state index in [2.05, 4.69) is 12.1 Å². The highest BCUT2D eigenvalue weighted by molar-refractivity contribution is 7.12. The van der Waals surface area contributed by atoms with E-state index in [1.807, 2.05) is 48.5 Å². The van der Waals surface area contributed by atoms with Gasteiger partial charge in [-0.1, -0.05) is 37.3 Å². The van der Waals surface area contributed by atoms with Gasteiger partial charge in [0, 0.05) is 13.5 Å². The van der Waals surface area contributed by atoms with Gasteiger partial charge in [-0.3, -0.25) is 4.79 Å². The van der Waals surface area contributed by atoms with Crippen molar-refractivity contribution in [1.29, 1.82) is 0 Å². The maximum atomic E-state index is 12.0. The highest BCUT2D eigenvalue weighted by Crippen LogP contribution is 2.40. The number of thiophene rings is 1. The smallest absolute Gasteiger partial charge is 0.192 e. The first-order valence-electron chi connectivity index (χ1n) is 7.31. The number of carbonyl (C=O) groups is 1. The van der Waals surface area contributed by atoms with E-state index in [0.717, 1.165) is 16.0 Å². The van der Waals surface area contributed by atoms with Crippen LogP contribution in [0.3, 0.4) is 0 Å². The first-order chi connectivity index (χ1) is 10.6. The van der Waals surface area contributed by atoms with Crippen molar-refractivity contribution in [2.45, 2.75) is 18.9 Å². The molecule has 0 radical (unpaired) electrons. The molecule has 1 atom stereocenters. The Morgan fingerprint density at radius 1 is 1.36 bits per heavy atom. The Labute approximate surface area is 134 Å². The van der Waals surface area contributed by atoms with E-state index in [-0.39, 0.29) is 5.78 Å². The maximum Gasteiger partial charge on any atom is 0.192 e. The number of aliphatic imine (C=N–C) groups is 1. The number of benzene rings is 1. The van der Waals surface area contributed by atoms with E-state index in [0.29, 0.717) is 18.9 Å². The number of likely N-dealkylation sites (N-methyl/N-ethyl adjacent to an activating group) is 1. The summed E-state index contributed by atoms with van der Waals surface area (Å²) in [6, 6.07) is 12.1. The number of nitrogens with two attached hydrogens (primary N) is 1. The summed E-state index contributed by atoms with van der Waals surface area (Å²) in [6.07, 6.45) is 0.517. The molecule has 1 aliphatic rings. The molecule has 0 aliphatic carbocycles. The summed E-state index contributed by atoms with van der Waals surface area (Å²) in [5.74, 6) is 0.696. The molecule has 1 aromatic heterocycles. The Morgan fingerprint density at radius 3 is 2.68 bits per heavy atom. The molecular weight excluding hydrogens is 294 g/mol. The molecule has 22 heavy (non-hydrogen) atoms. The van der Waals surface area contributed by atoms with Crippen LogP contribution in [0, 0.1) is 0 Å². The molecule has 0 bridgehead atoms. The molecule has 1 unspecified atom stereocenters. The fraction of sp³-hybridized carbons (Fsp3) is 0.294. The summed E-state index contributed by atoms with van der Waals surface area (Å²) in [7, 11) is 1.94. The molecule has 1 aromatic carbocycles. The van der Waals surface area contributed by atoms with Gasteiger partial charge in [0.05, 0.1) is 11.4 Å². The van der Waals surface area contributed by atoms with Gasteiger partial charge in [0.1, 0.15) is 5.54 Å². The normalized spacial score (nSPS) is 21.0. The molecule has 4 nitrogen and oxygen atoms in total. The molecule has 2 heterocycles. The predicted molar refractivity (Wildman–Crippen MR) is 90.4 cm³/mol.